The van der Waals surface area contributed by atoms with Gasteiger partial charge in [0.05, 0.1) is 5.60 Å². The number of hydrogen-bond donors (Lipinski definition) is 2. The summed E-state index contributed by atoms with van der Waals surface area (Å²) in [5, 5.41) is 22.5. The monoisotopic (exact) mass is 506 g/mol. The van der Waals surface area contributed by atoms with Gasteiger partial charge in [-0.05, 0) is 26.8 Å². The number of fused-ring (bicyclic) bond motifs is 2. The maximum Gasteiger partial charge on any atom is 0.334 e. The molecule has 0 radical (unpaired) electrons. The molecular formula is C26H34O10. The molecule has 2 N–H and O–H groups in total. The first-order valence-electron chi connectivity index (χ1n) is 11.8. The third kappa shape index (κ3) is 4.97. The Labute approximate surface area is 209 Å². The van der Waals surface area contributed by atoms with E-state index in [9.17, 15) is 29.4 Å². The SMILES string of the molecule is CC(=O)O[C@@H]1C2=C(C)C(=O)O[C@H]2/C=C(/C)C[C@@H](OC(C)=O)[C@H](OC(C)=O)[C@@]2(C)C=C[C@@H](O)[C@@](C)(O)[C@H]12. The van der Waals surface area contributed by atoms with Gasteiger partial charge >= 0.3 is 23.9 Å². The number of aliphatic hydroxyl groups is 2. The van der Waals surface area contributed by atoms with E-state index >= 15 is 0 Å². The molecule has 0 saturated carbocycles. The van der Waals surface area contributed by atoms with Crippen molar-refractivity contribution in [3.63, 3.8) is 0 Å². The van der Waals surface area contributed by atoms with Crippen LogP contribution in [0.4, 0.5) is 0 Å². The minimum absolute atomic E-state index is 0.122. The number of rotatable bonds is 3. The molecule has 0 saturated heterocycles. The molecule has 0 aromatic heterocycles. The van der Waals surface area contributed by atoms with Gasteiger partial charge in [-0.2, -0.15) is 0 Å². The second-order valence-corrected chi connectivity index (χ2v) is 10.2. The van der Waals surface area contributed by atoms with Gasteiger partial charge in [0.25, 0.3) is 0 Å². The molecule has 3 rings (SSSR count). The lowest BCUT2D eigenvalue weighted by Crippen LogP contribution is -2.65. The highest BCUT2D eigenvalue weighted by Gasteiger charge is 2.62. The van der Waals surface area contributed by atoms with Crippen LogP contribution in [0, 0.1) is 11.3 Å². The fraction of sp³-hybridized carbons (Fsp3) is 0.615. The lowest BCUT2D eigenvalue weighted by molar-refractivity contribution is -0.209. The standard InChI is InChI=1S/C26H34O10/c1-12-10-17-20(13(2)24(31)36-17)21(34-15(4)28)22-25(6,9-8-19(30)26(22,7)32)23(35-16(5)29)18(11-12)33-14(3)27/h8-10,17-19,21-23,30,32H,11H2,1-7H3/b12-10-/t17-,18+,19+,21+,22+,23-,25-,26+/m0/s1. The van der Waals surface area contributed by atoms with Crippen molar-refractivity contribution in [3.05, 3.63) is 34.9 Å². The summed E-state index contributed by atoms with van der Waals surface area (Å²) in [6.07, 6.45) is -1.04. The summed E-state index contributed by atoms with van der Waals surface area (Å²) in [6.45, 7) is 9.95. The molecule has 198 valence electrons. The van der Waals surface area contributed by atoms with Gasteiger partial charge in [-0.25, -0.2) is 4.79 Å². The molecule has 1 heterocycles. The molecule has 2 aliphatic carbocycles. The van der Waals surface area contributed by atoms with Gasteiger partial charge < -0.3 is 29.2 Å². The average molecular weight is 507 g/mol. The van der Waals surface area contributed by atoms with Crippen molar-refractivity contribution in [2.75, 3.05) is 0 Å². The Morgan fingerprint density at radius 1 is 1.03 bits per heavy atom. The largest absolute Gasteiger partial charge is 0.458 e. The van der Waals surface area contributed by atoms with Crippen LogP contribution in [0.2, 0.25) is 0 Å². The maximum absolute atomic E-state index is 12.6. The van der Waals surface area contributed by atoms with E-state index in [1.165, 1.54) is 40.7 Å². The van der Waals surface area contributed by atoms with Gasteiger partial charge in [0, 0.05) is 49.7 Å². The summed E-state index contributed by atoms with van der Waals surface area (Å²) in [5.41, 5.74) is -2.10. The van der Waals surface area contributed by atoms with Crippen LogP contribution in [0.25, 0.3) is 0 Å². The zero-order chi connectivity index (χ0) is 27.2. The lowest BCUT2D eigenvalue weighted by Gasteiger charge is -2.54. The molecule has 0 bridgehead atoms. The molecule has 10 nitrogen and oxygen atoms in total. The first-order chi connectivity index (χ1) is 16.6. The summed E-state index contributed by atoms with van der Waals surface area (Å²) in [5.74, 6) is -3.75. The van der Waals surface area contributed by atoms with Crippen LogP contribution in [0.3, 0.4) is 0 Å². The summed E-state index contributed by atoms with van der Waals surface area (Å²) in [7, 11) is 0. The average Bonchev–Trinajstić information content (AvgIpc) is 2.99. The first-order valence-corrected chi connectivity index (χ1v) is 11.8. The van der Waals surface area contributed by atoms with E-state index in [2.05, 4.69) is 0 Å². The van der Waals surface area contributed by atoms with Gasteiger partial charge in [-0.15, -0.1) is 0 Å². The van der Waals surface area contributed by atoms with Crippen LogP contribution in [0.1, 0.15) is 54.9 Å². The van der Waals surface area contributed by atoms with Crippen LogP contribution in [0.15, 0.2) is 34.9 Å². The Morgan fingerprint density at radius 3 is 2.17 bits per heavy atom. The molecular weight excluding hydrogens is 472 g/mol. The van der Waals surface area contributed by atoms with Crippen molar-refractivity contribution in [1.82, 2.24) is 0 Å². The Kier molecular flexibility index (Phi) is 7.53. The smallest absolute Gasteiger partial charge is 0.334 e. The quantitative estimate of drug-likeness (QED) is 0.329. The van der Waals surface area contributed by atoms with Crippen LogP contribution >= 0.6 is 0 Å². The Bertz CT molecular complexity index is 1050. The summed E-state index contributed by atoms with van der Waals surface area (Å²) >= 11 is 0. The highest BCUT2D eigenvalue weighted by Crippen LogP contribution is 2.53. The van der Waals surface area contributed by atoms with Crippen molar-refractivity contribution in [2.24, 2.45) is 11.3 Å². The van der Waals surface area contributed by atoms with Crippen LogP contribution in [0.5, 0.6) is 0 Å². The van der Waals surface area contributed by atoms with E-state index in [1.54, 1.807) is 26.0 Å². The highest BCUT2D eigenvalue weighted by atomic mass is 16.6. The number of carbonyl (C=O) groups excluding carboxylic acids is 4. The van der Waals surface area contributed by atoms with Gasteiger partial charge in [0.1, 0.15) is 30.5 Å². The topological polar surface area (TPSA) is 146 Å². The molecule has 0 spiro atoms. The van der Waals surface area contributed by atoms with E-state index in [0.29, 0.717) is 11.1 Å². The van der Waals surface area contributed by atoms with Crippen molar-refractivity contribution in [3.8, 4) is 0 Å². The number of carbonyl (C=O) groups is 4. The highest BCUT2D eigenvalue weighted by molar-refractivity contribution is 5.92. The molecule has 8 atom stereocenters. The van der Waals surface area contributed by atoms with Crippen LogP contribution in [-0.2, 0) is 38.1 Å². The maximum atomic E-state index is 12.6. The molecule has 0 fully saturated rings. The van der Waals surface area contributed by atoms with Crippen molar-refractivity contribution >= 4 is 23.9 Å². The van der Waals surface area contributed by atoms with E-state index in [-0.39, 0.29) is 12.0 Å². The number of aliphatic hydroxyl groups excluding tert-OH is 1. The molecule has 0 unspecified atom stereocenters. The van der Waals surface area contributed by atoms with Gasteiger partial charge in [0.2, 0.25) is 0 Å². The number of esters is 4. The predicted molar refractivity (Wildman–Crippen MR) is 125 cm³/mol. The predicted octanol–water partition coefficient (Wildman–Crippen LogP) is 1.68. The minimum atomic E-state index is -1.94. The molecule has 3 aliphatic rings. The van der Waals surface area contributed by atoms with E-state index in [4.69, 9.17) is 18.9 Å². The van der Waals surface area contributed by atoms with Gasteiger partial charge in [-0.3, -0.25) is 14.4 Å². The zero-order valence-corrected chi connectivity index (χ0v) is 21.6. The lowest BCUT2D eigenvalue weighted by atomic mass is 9.56. The van der Waals surface area contributed by atoms with E-state index in [1.807, 2.05) is 0 Å². The summed E-state index contributed by atoms with van der Waals surface area (Å²) in [6, 6.07) is 0. The van der Waals surface area contributed by atoms with Crippen molar-refractivity contribution in [2.45, 2.75) is 91.0 Å². The Hall–Kier alpha value is -2.98. The fourth-order valence-corrected chi connectivity index (χ4v) is 5.75. The van der Waals surface area contributed by atoms with E-state index in [0.717, 1.165) is 0 Å². The number of ether oxygens (including phenoxy) is 4. The summed E-state index contributed by atoms with van der Waals surface area (Å²) in [4.78, 5) is 49.4. The third-order valence-electron chi connectivity index (χ3n) is 7.24. The third-order valence-corrected chi connectivity index (χ3v) is 7.24. The molecule has 36 heavy (non-hydrogen) atoms. The molecule has 1 aliphatic heterocycles. The number of hydrogen-bond acceptors (Lipinski definition) is 10. The molecule has 0 aromatic rings. The van der Waals surface area contributed by atoms with Crippen LogP contribution < -0.4 is 0 Å². The minimum Gasteiger partial charge on any atom is -0.458 e. The van der Waals surface area contributed by atoms with Crippen LogP contribution in [-0.4, -0.2) is 70.2 Å². The molecule has 0 amide bonds. The molecule has 0 aromatic carbocycles. The van der Waals surface area contributed by atoms with Gasteiger partial charge in [-0.1, -0.05) is 24.6 Å². The van der Waals surface area contributed by atoms with E-state index < -0.39 is 71.3 Å². The van der Waals surface area contributed by atoms with Crippen molar-refractivity contribution < 1.29 is 48.3 Å². The Balaban J connectivity index is 2.41. The second-order valence-electron chi connectivity index (χ2n) is 10.2. The first kappa shape index (κ1) is 27.6. The normalized spacial score (nSPS) is 39.7. The fourth-order valence-electron chi connectivity index (χ4n) is 5.75. The zero-order valence-electron chi connectivity index (χ0n) is 21.6. The van der Waals surface area contributed by atoms with Crippen molar-refractivity contribution in [1.29, 1.82) is 0 Å². The molecule has 10 heteroatoms. The Morgan fingerprint density at radius 2 is 1.61 bits per heavy atom. The van der Waals surface area contributed by atoms with Gasteiger partial charge in [0.15, 0.2) is 0 Å². The second kappa shape index (κ2) is 9.82. The summed E-state index contributed by atoms with van der Waals surface area (Å²) < 4.78 is 22.7.